The van der Waals surface area contributed by atoms with Crippen LogP contribution in [0.5, 0.6) is 0 Å². The minimum absolute atomic E-state index is 0.0434. The molecule has 3 aromatic carbocycles. The van der Waals surface area contributed by atoms with E-state index in [-0.39, 0.29) is 41.4 Å². The highest BCUT2D eigenvalue weighted by Crippen LogP contribution is 2.21. The first-order valence-corrected chi connectivity index (χ1v) is 15.1. The van der Waals surface area contributed by atoms with Gasteiger partial charge in [0.1, 0.15) is 11.4 Å². The second-order valence-electron chi connectivity index (χ2n) is 9.94. The van der Waals surface area contributed by atoms with Crippen molar-refractivity contribution in [2.45, 2.75) is 38.3 Å². The fourth-order valence-corrected chi connectivity index (χ4v) is 5.84. The van der Waals surface area contributed by atoms with E-state index in [1.165, 1.54) is 39.7 Å². The van der Waals surface area contributed by atoms with E-state index >= 15 is 0 Å². The Kier molecular flexibility index (Phi) is 9.55. The molecule has 0 aliphatic rings. The topological polar surface area (TPSA) is 87.9 Å². The first kappa shape index (κ1) is 29.6. The summed E-state index contributed by atoms with van der Waals surface area (Å²) >= 11 is 3.32. The maximum Gasteiger partial charge on any atom is 0.243 e. The van der Waals surface area contributed by atoms with Gasteiger partial charge in [0.15, 0.2) is 5.43 Å². The van der Waals surface area contributed by atoms with Crippen molar-refractivity contribution in [1.82, 2.24) is 9.21 Å². The number of halogens is 2. The summed E-state index contributed by atoms with van der Waals surface area (Å²) in [5, 5.41) is 0.380. The molecule has 0 aliphatic heterocycles. The van der Waals surface area contributed by atoms with Crippen molar-refractivity contribution in [3.8, 4) is 0 Å². The molecular weight excluding hydrogens is 599 g/mol. The first-order chi connectivity index (χ1) is 19.0. The molecule has 1 amide bonds. The molecule has 210 valence electrons. The smallest absolute Gasteiger partial charge is 0.243 e. The van der Waals surface area contributed by atoms with Crippen LogP contribution in [0.4, 0.5) is 4.39 Å². The SMILES string of the molecule is CC(C)CCN(CC(=O)N(Cc1ccc(F)cc1)Cc1coc2ccccc2c1=O)S(=O)(=O)c1ccc(Br)cc1. The van der Waals surface area contributed by atoms with Gasteiger partial charge in [-0.05, 0) is 66.4 Å². The number of hydrogen-bond acceptors (Lipinski definition) is 5. The molecule has 0 N–H and O–H groups in total. The predicted molar refractivity (Wildman–Crippen MR) is 155 cm³/mol. The van der Waals surface area contributed by atoms with Gasteiger partial charge in [-0.25, -0.2) is 12.8 Å². The molecule has 40 heavy (non-hydrogen) atoms. The van der Waals surface area contributed by atoms with Gasteiger partial charge in [0.25, 0.3) is 0 Å². The van der Waals surface area contributed by atoms with Crippen molar-refractivity contribution in [3.05, 3.63) is 111 Å². The molecule has 0 bridgehead atoms. The standard InChI is InChI=1S/C30H30BrFN2O5S/c1-21(2)15-16-34(40(37,38)26-13-9-24(31)10-14-26)19-29(35)33(17-22-7-11-25(32)12-8-22)18-23-20-39-28-6-4-3-5-27(28)30(23)36/h3-14,20-21H,15-19H2,1-2H3. The second-order valence-corrected chi connectivity index (χ2v) is 12.8. The Labute approximate surface area is 241 Å². The number of para-hydroxylation sites is 1. The van der Waals surface area contributed by atoms with Crippen molar-refractivity contribution >= 4 is 42.8 Å². The van der Waals surface area contributed by atoms with Crippen molar-refractivity contribution in [3.63, 3.8) is 0 Å². The van der Waals surface area contributed by atoms with Crippen molar-refractivity contribution in [2.24, 2.45) is 5.92 Å². The molecule has 0 saturated carbocycles. The Balaban J connectivity index is 1.67. The molecule has 4 aromatic rings. The zero-order valence-corrected chi connectivity index (χ0v) is 24.6. The fourth-order valence-electron chi connectivity index (χ4n) is 4.17. The van der Waals surface area contributed by atoms with Gasteiger partial charge in [-0.15, -0.1) is 0 Å². The second kappa shape index (κ2) is 12.9. The third-order valence-electron chi connectivity index (χ3n) is 6.47. The largest absolute Gasteiger partial charge is 0.464 e. The zero-order valence-electron chi connectivity index (χ0n) is 22.2. The average molecular weight is 630 g/mol. The summed E-state index contributed by atoms with van der Waals surface area (Å²) in [5.41, 5.74) is 1.02. The molecule has 0 unspecified atom stereocenters. The summed E-state index contributed by atoms with van der Waals surface area (Å²) in [7, 11) is -4.00. The molecule has 0 atom stereocenters. The average Bonchev–Trinajstić information content (AvgIpc) is 2.93. The monoisotopic (exact) mass is 628 g/mol. The van der Waals surface area contributed by atoms with Crippen molar-refractivity contribution in [1.29, 1.82) is 0 Å². The minimum Gasteiger partial charge on any atom is -0.464 e. The molecule has 0 fully saturated rings. The number of hydrogen-bond donors (Lipinski definition) is 0. The van der Waals surface area contributed by atoms with E-state index in [0.29, 0.717) is 23.0 Å². The van der Waals surface area contributed by atoms with Gasteiger partial charge in [0.05, 0.1) is 35.2 Å². The van der Waals surface area contributed by atoms with Crippen LogP contribution in [-0.2, 0) is 27.9 Å². The maximum absolute atomic E-state index is 13.8. The molecular formula is C30H30BrFN2O5S. The number of fused-ring (bicyclic) bond motifs is 1. The van der Waals surface area contributed by atoms with Crippen LogP contribution in [0.15, 0.2) is 97.6 Å². The summed E-state index contributed by atoms with van der Waals surface area (Å²) in [5.74, 6) is -0.714. The number of amides is 1. The zero-order chi connectivity index (χ0) is 28.9. The van der Waals surface area contributed by atoms with E-state index in [0.717, 1.165) is 4.47 Å². The van der Waals surface area contributed by atoms with E-state index in [1.54, 1.807) is 48.5 Å². The van der Waals surface area contributed by atoms with Crippen LogP contribution < -0.4 is 5.43 Å². The Morgan fingerprint density at radius 3 is 2.33 bits per heavy atom. The fraction of sp³-hybridized carbons (Fsp3) is 0.267. The Hall–Kier alpha value is -3.34. The number of sulfonamides is 1. The van der Waals surface area contributed by atoms with Crippen LogP contribution >= 0.6 is 15.9 Å². The molecule has 1 aromatic heterocycles. The third-order valence-corrected chi connectivity index (χ3v) is 8.86. The summed E-state index contributed by atoms with van der Waals surface area (Å²) in [6, 6.07) is 18.7. The highest BCUT2D eigenvalue weighted by atomic mass is 79.9. The maximum atomic E-state index is 13.8. The van der Waals surface area contributed by atoms with Gasteiger partial charge in [0, 0.05) is 17.6 Å². The summed E-state index contributed by atoms with van der Waals surface area (Å²) in [6.07, 6.45) is 1.87. The molecule has 1 heterocycles. The van der Waals surface area contributed by atoms with E-state index in [1.807, 2.05) is 13.8 Å². The lowest BCUT2D eigenvalue weighted by Crippen LogP contribution is -2.43. The van der Waals surface area contributed by atoms with Gasteiger partial charge >= 0.3 is 0 Å². The van der Waals surface area contributed by atoms with Gasteiger partial charge in [-0.2, -0.15) is 4.31 Å². The van der Waals surface area contributed by atoms with Gasteiger partial charge in [-0.1, -0.05) is 54.0 Å². The third kappa shape index (κ3) is 7.24. The minimum atomic E-state index is -4.00. The Morgan fingerprint density at radius 1 is 0.975 bits per heavy atom. The predicted octanol–water partition coefficient (Wildman–Crippen LogP) is 5.96. The number of carbonyl (C=O) groups is 1. The highest BCUT2D eigenvalue weighted by Gasteiger charge is 2.29. The van der Waals surface area contributed by atoms with E-state index in [4.69, 9.17) is 4.42 Å². The summed E-state index contributed by atoms with van der Waals surface area (Å²) in [4.78, 5) is 28.5. The Morgan fingerprint density at radius 2 is 1.65 bits per heavy atom. The number of carbonyl (C=O) groups excluding carboxylic acids is 1. The summed E-state index contributed by atoms with van der Waals surface area (Å²) < 4.78 is 48.3. The van der Waals surface area contributed by atoms with E-state index in [2.05, 4.69) is 15.9 Å². The van der Waals surface area contributed by atoms with Crippen molar-refractivity contribution in [2.75, 3.05) is 13.1 Å². The molecule has 7 nitrogen and oxygen atoms in total. The number of rotatable bonds is 11. The van der Waals surface area contributed by atoms with Crippen molar-refractivity contribution < 1.29 is 22.0 Å². The normalized spacial score (nSPS) is 11.8. The van der Waals surface area contributed by atoms with Gasteiger partial charge in [0.2, 0.25) is 15.9 Å². The molecule has 0 spiro atoms. The van der Waals surface area contributed by atoms with E-state index in [9.17, 15) is 22.4 Å². The Bertz CT molecular complexity index is 1640. The molecule has 0 radical (unpaired) electrons. The molecule has 10 heteroatoms. The number of nitrogens with zero attached hydrogens (tertiary/aromatic N) is 2. The van der Waals surface area contributed by atoms with Gasteiger partial charge < -0.3 is 9.32 Å². The van der Waals surface area contributed by atoms with Gasteiger partial charge in [-0.3, -0.25) is 9.59 Å². The quantitative estimate of drug-likeness (QED) is 0.204. The lowest BCUT2D eigenvalue weighted by Gasteiger charge is -2.28. The van der Waals surface area contributed by atoms with Crippen LogP contribution in [0.1, 0.15) is 31.4 Å². The van der Waals surface area contributed by atoms with Crippen LogP contribution in [0.2, 0.25) is 0 Å². The number of benzene rings is 3. The van der Waals surface area contributed by atoms with E-state index < -0.39 is 28.3 Å². The first-order valence-electron chi connectivity index (χ1n) is 12.8. The summed E-state index contributed by atoms with van der Waals surface area (Å²) in [6.45, 7) is 3.61. The molecule has 0 saturated heterocycles. The molecule has 0 aliphatic carbocycles. The highest BCUT2D eigenvalue weighted by molar-refractivity contribution is 9.10. The van der Waals surface area contributed by atoms with Crippen LogP contribution in [0, 0.1) is 11.7 Å². The van der Waals surface area contributed by atoms with Crippen LogP contribution in [-0.4, -0.2) is 36.6 Å². The molecule has 4 rings (SSSR count). The lowest BCUT2D eigenvalue weighted by atomic mass is 10.1. The van der Waals surface area contributed by atoms with Crippen LogP contribution in [0.25, 0.3) is 11.0 Å². The lowest BCUT2D eigenvalue weighted by molar-refractivity contribution is -0.132. The van der Waals surface area contributed by atoms with Crippen LogP contribution in [0.3, 0.4) is 0 Å².